The molecule has 5 rings (SSSR count). The lowest BCUT2D eigenvalue weighted by molar-refractivity contribution is -0.114. The summed E-state index contributed by atoms with van der Waals surface area (Å²) in [6.07, 6.45) is 3.54. The highest BCUT2D eigenvalue weighted by Gasteiger charge is 2.29. The van der Waals surface area contributed by atoms with E-state index >= 15 is 0 Å². The molecule has 9 heteroatoms. The average molecular weight is 490 g/mol. The van der Waals surface area contributed by atoms with Gasteiger partial charge in [0.05, 0.1) is 33.1 Å². The fraction of sp³-hybridized carbons (Fsp3) is 0.154. The third-order valence-corrected chi connectivity index (χ3v) is 6.05. The molecule has 1 saturated carbocycles. The molecule has 0 bridgehead atoms. The Bertz CT molecular complexity index is 1430. The Labute approximate surface area is 205 Å². The molecule has 3 aromatic rings. The Balaban J connectivity index is 1.39. The second kappa shape index (κ2) is 8.88. The molecule has 8 nitrogen and oxygen atoms in total. The Kier molecular flexibility index (Phi) is 5.74. The summed E-state index contributed by atoms with van der Waals surface area (Å²) >= 11 is 6.24. The lowest BCUT2D eigenvalue weighted by atomic mass is 10.1. The van der Waals surface area contributed by atoms with Crippen LogP contribution in [0.2, 0.25) is 5.02 Å². The number of rotatable bonds is 6. The quantitative estimate of drug-likeness (QED) is 0.473. The van der Waals surface area contributed by atoms with Gasteiger partial charge < -0.3 is 14.8 Å². The van der Waals surface area contributed by atoms with Crippen molar-refractivity contribution in [2.24, 2.45) is 5.10 Å². The summed E-state index contributed by atoms with van der Waals surface area (Å²) < 4.78 is 5.93. The number of carboxylic acid groups (broad SMARTS) is 1. The maximum Gasteiger partial charge on any atom is 0.335 e. The molecule has 1 fully saturated rings. The van der Waals surface area contributed by atoms with Crippen molar-refractivity contribution < 1.29 is 23.9 Å². The summed E-state index contributed by atoms with van der Waals surface area (Å²) in [5.41, 5.74) is 2.27. The minimum Gasteiger partial charge on any atom is -0.478 e. The van der Waals surface area contributed by atoms with Crippen molar-refractivity contribution >= 4 is 46.9 Å². The molecule has 2 aromatic carbocycles. The summed E-state index contributed by atoms with van der Waals surface area (Å²) in [7, 11) is 0. The Hall–Kier alpha value is -4.17. The third kappa shape index (κ3) is 4.61. The summed E-state index contributed by atoms with van der Waals surface area (Å²) in [5.74, 6) is -0.760. The number of furan rings is 1. The summed E-state index contributed by atoms with van der Waals surface area (Å²) in [6, 6.07) is 14.8. The van der Waals surface area contributed by atoms with Gasteiger partial charge in [0, 0.05) is 11.6 Å². The minimum absolute atomic E-state index is 0.0596. The van der Waals surface area contributed by atoms with Crippen LogP contribution in [0, 0.1) is 0 Å². The molecule has 2 heterocycles. The fourth-order valence-corrected chi connectivity index (χ4v) is 3.90. The van der Waals surface area contributed by atoms with Crippen LogP contribution >= 0.6 is 11.6 Å². The number of nitrogens with zero attached hydrogens (tertiary/aromatic N) is 2. The molecule has 0 unspecified atom stereocenters. The van der Waals surface area contributed by atoms with Crippen molar-refractivity contribution in [1.82, 2.24) is 5.32 Å². The van der Waals surface area contributed by atoms with Gasteiger partial charge in [-0.1, -0.05) is 17.7 Å². The first-order valence-corrected chi connectivity index (χ1v) is 11.3. The number of hydrogen-bond acceptors (Lipinski definition) is 5. The van der Waals surface area contributed by atoms with Gasteiger partial charge in [0.15, 0.2) is 0 Å². The lowest BCUT2D eigenvalue weighted by Crippen LogP contribution is -2.25. The molecule has 0 saturated heterocycles. The van der Waals surface area contributed by atoms with Crippen LogP contribution in [0.15, 0.2) is 69.7 Å². The zero-order valence-electron chi connectivity index (χ0n) is 18.6. The van der Waals surface area contributed by atoms with Crippen molar-refractivity contribution in [3.8, 4) is 11.3 Å². The number of halogens is 1. The topological polar surface area (TPSA) is 112 Å². The van der Waals surface area contributed by atoms with Gasteiger partial charge >= 0.3 is 5.97 Å². The first kappa shape index (κ1) is 22.6. The van der Waals surface area contributed by atoms with E-state index in [1.165, 1.54) is 17.1 Å². The Morgan fingerprint density at radius 2 is 1.97 bits per heavy atom. The van der Waals surface area contributed by atoms with E-state index in [-0.39, 0.29) is 17.5 Å². The van der Waals surface area contributed by atoms with E-state index in [0.717, 1.165) is 12.8 Å². The van der Waals surface area contributed by atoms with E-state index < -0.39 is 11.9 Å². The SMILES string of the molecule is CC1=NN(c2cccc(C(=O)O)c2)C(=O)C1=Cc1ccc(-c2ccc(Cl)c(C(=O)NC3CC3)c2)o1. The molecule has 2 amide bonds. The number of nitrogens with one attached hydrogen (secondary N) is 1. The summed E-state index contributed by atoms with van der Waals surface area (Å²) in [6.45, 7) is 1.69. The van der Waals surface area contributed by atoms with E-state index in [9.17, 15) is 19.5 Å². The normalized spacial score (nSPS) is 16.5. The van der Waals surface area contributed by atoms with Gasteiger partial charge in [-0.2, -0.15) is 10.1 Å². The molecule has 0 spiro atoms. The van der Waals surface area contributed by atoms with E-state index in [4.69, 9.17) is 16.0 Å². The van der Waals surface area contributed by atoms with Crippen LogP contribution in [0.4, 0.5) is 5.69 Å². The molecule has 0 radical (unpaired) electrons. The van der Waals surface area contributed by atoms with Crippen molar-refractivity contribution in [2.75, 3.05) is 5.01 Å². The van der Waals surface area contributed by atoms with Crippen LogP contribution in [0.3, 0.4) is 0 Å². The average Bonchev–Trinajstić information content (AvgIpc) is 3.45. The molecule has 2 N–H and O–H groups in total. The van der Waals surface area contributed by atoms with Gasteiger partial charge in [0.25, 0.3) is 11.8 Å². The molecule has 1 aliphatic heterocycles. The molecule has 35 heavy (non-hydrogen) atoms. The number of hydrogen-bond donors (Lipinski definition) is 2. The van der Waals surface area contributed by atoms with Gasteiger partial charge in [0.2, 0.25) is 0 Å². The first-order chi connectivity index (χ1) is 16.8. The van der Waals surface area contributed by atoms with Crippen LogP contribution in [-0.4, -0.2) is 34.6 Å². The van der Waals surface area contributed by atoms with Crippen LogP contribution in [0.5, 0.6) is 0 Å². The van der Waals surface area contributed by atoms with Crippen molar-refractivity contribution in [3.05, 3.63) is 82.1 Å². The van der Waals surface area contributed by atoms with E-state index in [1.807, 2.05) is 0 Å². The number of anilines is 1. The fourth-order valence-electron chi connectivity index (χ4n) is 3.70. The largest absolute Gasteiger partial charge is 0.478 e. The third-order valence-electron chi connectivity index (χ3n) is 5.72. The zero-order chi connectivity index (χ0) is 24.7. The van der Waals surface area contributed by atoms with Gasteiger partial charge in [-0.15, -0.1) is 0 Å². The maximum atomic E-state index is 13.0. The predicted octanol–water partition coefficient (Wildman–Crippen LogP) is 5.00. The van der Waals surface area contributed by atoms with Gasteiger partial charge in [-0.25, -0.2) is 4.79 Å². The standard InChI is InChI=1S/C26H20ClN3O5/c1-14-20(25(32)30(29-14)18-4-2-3-16(11-18)26(33)34)13-19-8-10-23(35-19)15-5-9-22(27)21(12-15)24(31)28-17-6-7-17/h2-5,8-13,17H,6-7H2,1H3,(H,28,31)(H,33,34). The van der Waals surface area contributed by atoms with Crippen molar-refractivity contribution in [2.45, 2.75) is 25.8 Å². The molecule has 2 aliphatic rings. The highest BCUT2D eigenvalue weighted by molar-refractivity contribution is 6.34. The van der Waals surface area contributed by atoms with Crippen LogP contribution in [-0.2, 0) is 4.79 Å². The Morgan fingerprint density at radius 1 is 1.17 bits per heavy atom. The van der Waals surface area contributed by atoms with E-state index in [0.29, 0.717) is 44.6 Å². The number of aromatic carboxylic acids is 1. The number of carboxylic acids is 1. The number of carbonyl (C=O) groups excluding carboxylic acids is 2. The Morgan fingerprint density at radius 3 is 2.71 bits per heavy atom. The maximum absolute atomic E-state index is 13.0. The molecule has 1 aliphatic carbocycles. The molecule has 1 aromatic heterocycles. The van der Waals surface area contributed by atoms with E-state index in [2.05, 4.69) is 10.4 Å². The number of benzene rings is 2. The number of amides is 2. The van der Waals surface area contributed by atoms with Gasteiger partial charge in [-0.05, 0) is 74.4 Å². The zero-order valence-corrected chi connectivity index (χ0v) is 19.4. The summed E-state index contributed by atoms with van der Waals surface area (Å²) in [5, 5.41) is 18.0. The first-order valence-electron chi connectivity index (χ1n) is 11.0. The highest BCUT2D eigenvalue weighted by Crippen LogP contribution is 2.30. The van der Waals surface area contributed by atoms with Crippen LogP contribution < -0.4 is 10.3 Å². The van der Waals surface area contributed by atoms with Crippen molar-refractivity contribution in [1.29, 1.82) is 0 Å². The molecular formula is C26H20ClN3O5. The summed E-state index contributed by atoms with van der Waals surface area (Å²) in [4.78, 5) is 36.8. The van der Waals surface area contributed by atoms with Gasteiger partial charge in [0.1, 0.15) is 11.5 Å². The van der Waals surface area contributed by atoms with Crippen molar-refractivity contribution in [3.63, 3.8) is 0 Å². The van der Waals surface area contributed by atoms with Gasteiger partial charge in [-0.3, -0.25) is 9.59 Å². The second-order valence-corrected chi connectivity index (χ2v) is 8.77. The lowest BCUT2D eigenvalue weighted by Gasteiger charge is -2.12. The van der Waals surface area contributed by atoms with Crippen LogP contribution in [0.1, 0.15) is 46.2 Å². The molecule has 0 atom stereocenters. The molecule has 176 valence electrons. The van der Waals surface area contributed by atoms with E-state index in [1.54, 1.807) is 55.5 Å². The highest BCUT2D eigenvalue weighted by atomic mass is 35.5. The second-order valence-electron chi connectivity index (χ2n) is 8.36. The smallest absolute Gasteiger partial charge is 0.335 e. The number of carbonyl (C=O) groups is 3. The monoisotopic (exact) mass is 489 g/mol. The number of hydrazone groups is 1. The minimum atomic E-state index is -1.09. The molecular weight excluding hydrogens is 470 g/mol. The van der Waals surface area contributed by atoms with Crippen LogP contribution in [0.25, 0.3) is 17.4 Å². The predicted molar refractivity (Wildman–Crippen MR) is 132 cm³/mol.